The molecule has 0 aliphatic rings. The number of aromatic nitrogens is 2. The predicted molar refractivity (Wildman–Crippen MR) is 128 cm³/mol. The number of H-pyrrole nitrogens is 1. The molecule has 0 aliphatic heterocycles. The average Bonchev–Trinajstić information content (AvgIpc) is 3.26. The molecule has 0 fully saturated rings. The lowest BCUT2D eigenvalue weighted by Gasteiger charge is -2.10. The number of nitrogens with one attached hydrogen (secondary N) is 2. The summed E-state index contributed by atoms with van der Waals surface area (Å²) >= 11 is 0. The molecule has 7 nitrogen and oxygen atoms in total. The summed E-state index contributed by atoms with van der Waals surface area (Å²) in [7, 11) is 1.59. The van der Waals surface area contributed by atoms with Crippen LogP contribution in [0.25, 0.3) is 22.7 Å². The number of aryl methyl sites for hydroxylation is 1. The van der Waals surface area contributed by atoms with E-state index in [1.54, 1.807) is 19.3 Å². The van der Waals surface area contributed by atoms with Crippen LogP contribution in [0.15, 0.2) is 66.7 Å². The van der Waals surface area contributed by atoms with Crippen LogP contribution in [-0.4, -0.2) is 29.6 Å². The zero-order valence-electron chi connectivity index (χ0n) is 18.3. The molecule has 0 radical (unpaired) electrons. The number of para-hydroxylation sites is 1. The van der Waals surface area contributed by atoms with Gasteiger partial charge in [0.15, 0.2) is 6.61 Å². The minimum Gasteiger partial charge on any atom is -0.497 e. The van der Waals surface area contributed by atoms with Crippen molar-refractivity contribution in [3.63, 3.8) is 0 Å². The van der Waals surface area contributed by atoms with Gasteiger partial charge in [-0.15, -0.1) is 0 Å². The van der Waals surface area contributed by atoms with Crippen molar-refractivity contribution in [3.05, 3.63) is 83.7 Å². The number of aromatic amines is 1. The van der Waals surface area contributed by atoms with Gasteiger partial charge in [-0.05, 0) is 43.3 Å². The molecule has 0 bridgehead atoms. The van der Waals surface area contributed by atoms with Crippen LogP contribution in [0.3, 0.4) is 0 Å². The predicted octanol–water partition coefficient (Wildman–Crippen LogP) is 4.96. The van der Waals surface area contributed by atoms with Gasteiger partial charge < -0.3 is 19.8 Å². The Bertz CT molecular complexity index is 1360. The lowest BCUT2D eigenvalue weighted by Crippen LogP contribution is -2.20. The van der Waals surface area contributed by atoms with E-state index in [0.717, 1.165) is 16.6 Å². The van der Waals surface area contributed by atoms with Gasteiger partial charge in [0.2, 0.25) is 0 Å². The third-order valence-electron chi connectivity index (χ3n) is 4.98. The number of nitriles is 1. The first-order valence-corrected chi connectivity index (χ1v) is 10.3. The highest BCUT2D eigenvalue weighted by Crippen LogP contribution is 2.26. The van der Waals surface area contributed by atoms with Crippen LogP contribution >= 0.6 is 0 Å². The number of ether oxygens (including phenoxy) is 2. The molecule has 2 N–H and O–H groups in total. The number of fused-ring (bicyclic) bond motifs is 1. The van der Waals surface area contributed by atoms with E-state index in [1.807, 2.05) is 67.6 Å². The minimum absolute atomic E-state index is 0.162. The van der Waals surface area contributed by atoms with Crippen LogP contribution in [0.4, 0.5) is 5.69 Å². The number of allylic oxidation sites excluding steroid dienone is 1. The molecular formula is C26H22N4O3. The van der Waals surface area contributed by atoms with Crippen molar-refractivity contribution >= 4 is 34.3 Å². The minimum atomic E-state index is -0.274. The van der Waals surface area contributed by atoms with Gasteiger partial charge in [-0.2, -0.15) is 5.26 Å². The van der Waals surface area contributed by atoms with Crippen LogP contribution in [0.5, 0.6) is 11.5 Å². The maximum atomic E-state index is 12.3. The monoisotopic (exact) mass is 438 g/mol. The van der Waals surface area contributed by atoms with E-state index < -0.39 is 0 Å². The number of amides is 1. The van der Waals surface area contributed by atoms with Gasteiger partial charge in [0, 0.05) is 17.3 Å². The molecule has 4 aromatic rings. The summed E-state index contributed by atoms with van der Waals surface area (Å²) in [5, 5.41) is 12.6. The van der Waals surface area contributed by atoms with E-state index in [-0.39, 0.29) is 12.5 Å². The third-order valence-corrected chi connectivity index (χ3v) is 4.98. The van der Waals surface area contributed by atoms with Crippen molar-refractivity contribution in [1.82, 2.24) is 9.97 Å². The first kappa shape index (κ1) is 21.7. The Balaban J connectivity index is 1.52. The van der Waals surface area contributed by atoms with Crippen molar-refractivity contribution in [1.29, 1.82) is 5.26 Å². The quantitative estimate of drug-likeness (QED) is 0.397. The molecule has 0 aliphatic carbocycles. The van der Waals surface area contributed by atoms with Crippen molar-refractivity contribution in [2.45, 2.75) is 6.92 Å². The Morgan fingerprint density at radius 1 is 1.15 bits per heavy atom. The third kappa shape index (κ3) is 5.20. The number of hydrogen-bond donors (Lipinski definition) is 2. The molecule has 1 heterocycles. The topological polar surface area (TPSA) is 100 Å². The second-order valence-electron chi connectivity index (χ2n) is 7.38. The maximum absolute atomic E-state index is 12.3. The van der Waals surface area contributed by atoms with E-state index >= 15 is 0 Å². The zero-order chi connectivity index (χ0) is 23.2. The molecular weight excluding hydrogens is 416 g/mol. The standard InChI is InChI=1S/C26H22N4O3/c1-17-7-9-20(10-8-17)28-25(31)16-33-24-6-4-3-5-18(24)13-19(15-27)26-29-22-12-11-21(32-2)14-23(22)30-26/h3-14H,16H2,1-2H3,(H,28,31)(H,29,30). The summed E-state index contributed by atoms with van der Waals surface area (Å²) in [6, 6.07) is 22.4. The van der Waals surface area contributed by atoms with Crippen molar-refractivity contribution in [3.8, 4) is 17.6 Å². The molecule has 1 amide bonds. The van der Waals surface area contributed by atoms with Crippen LogP contribution in [0, 0.1) is 18.3 Å². The van der Waals surface area contributed by atoms with Crippen LogP contribution in [0.1, 0.15) is 17.0 Å². The number of methoxy groups -OCH3 is 1. The molecule has 3 aromatic carbocycles. The van der Waals surface area contributed by atoms with Gasteiger partial charge in [-0.1, -0.05) is 35.9 Å². The van der Waals surface area contributed by atoms with E-state index in [1.165, 1.54) is 0 Å². The molecule has 4 rings (SSSR count). The highest BCUT2D eigenvalue weighted by atomic mass is 16.5. The Kier molecular flexibility index (Phi) is 6.37. The molecule has 0 unspecified atom stereocenters. The Morgan fingerprint density at radius 2 is 1.94 bits per heavy atom. The van der Waals surface area contributed by atoms with Crippen molar-refractivity contribution in [2.24, 2.45) is 0 Å². The summed E-state index contributed by atoms with van der Waals surface area (Å²) in [4.78, 5) is 20.0. The lowest BCUT2D eigenvalue weighted by atomic mass is 10.1. The SMILES string of the molecule is COc1ccc2nc(C(C#N)=Cc3ccccc3OCC(=O)Nc3ccc(C)cc3)[nH]c2c1. The van der Waals surface area contributed by atoms with E-state index in [0.29, 0.717) is 34.1 Å². The number of benzene rings is 3. The molecule has 0 atom stereocenters. The second-order valence-corrected chi connectivity index (χ2v) is 7.38. The first-order valence-electron chi connectivity index (χ1n) is 10.3. The summed E-state index contributed by atoms with van der Waals surface area (Å²) in [6.45, 7) is 1.82. The number of rotatable bonds is 7. The number of imidazole rings is 1. The number of nitrogens with zero attached hydrogens (tertiary/aromatic N) is 2. The van der Waals surface area contributed by atoms with Crippen LogP contribution in [0.2, 0.25) is 0 Å². The molecule has 1 aromatic heterocycles. The fraction of sp³-hybridized carbons (Fsp3) is 0.115. The van der Waals surface area contributed by atoms with Crippen LogP contribution in [-0.2, 0) is 4.79 Å². The van der Waals surface area contributed by atoms with Gasteiger partial charge >= 0.3 is 0 Å². The number of carbonyl (C=O) groups is 1. The van der Waals surface area contributed by atoms with Gasteiger partial charge in [0.25, 0.3) is 5.91 Å². The Hall–Kier alpha value is -4.57. The summed E-state index contributed by atoms with van der Waals surface area (Å²) in [6.07, 6.45) is 1.68. The van der Waals surface area contributed by atoms with Gasteiger partial charge in [-0.3, -0.25) is 4.79 Å². The molecule has 0 saturated heterocycles. The summed E-state index contributed by atoms with van der Waals surface area (Å²) in [5.41, 5.74) is 4.31. The number of anilines is 1. The Labute approximate surface area is 191 Å². The largest absolute Gasteiger partial charge is 0.497 e. The average molecular weight is 438 g/mol. The van der Waals surface area contributed by atoms with Gasteiger partial charge in [0.1, 0.15) is 23.4 Å². The summed E-state index contributed by atoms with van der Waals surface area (Å²) < 4.78 is 11.0. The molecule has 0 spiro atoms. The molecule has 0 saturated carbocycles. The lowest BCUT2D eigenvalue weighted by molar-refractivity contribution is -0.118. The second kappa shape index (κ2) is 9.71. The molecule has 33 heavy (non-hydrogen) atoms. The van der Waals surface area contributed by atoms with E-state index in [9.17, 15) is 10.1 Å². The number of carbonyl (C=O) groups excluding carboxylic acids is 1. The fourth-order valence-corrected chi connectivity index (χ4v) is 3.26. The highest BCUT2D eigenvalue weighted by Gasteiger charge is 2.11. The van der Waals surface area contributed by atoms with Gasteiger partial charge in [-0.25, -0.2) is 4.98 Å². The summed E-state index contributed by atoms with van der Waals surface area (Å²) in [5.74, 6) is 1.35. The van der Waals surface area contributed by atoms with E-state index in [2.05, 4.69) is 21.4 Å². The zero-order valence-corrected chi connectivity index (χ0v) is 18.3. The van der Waals surface area contributed by atoms with Crippen LogP contribution < -0.4 is 14.8 Å². The maximum Gasteiger partial charge on any atom is 0.262 e. The molecule has 7 heteroatoms. The Morgan fingerprint density at radius 3 is 2.70 bits per heavy atom. The normalized spacial score (nSPS) is 11.1. The first-order chi connectivity index (χ1) is 16.1. The highest BCUT2D eigenvalue weighted by molar-refractivity contribution is 5.93. The van der Waals surface area contributed by atoms with Crippen molar-refractivity contribution in [2.75, 3.05) is 19.0 Å². The van der Waals surface area contributed by atoms with Crippen molar-refractivity contribution < 1.29 is 14.3 Å². The smallest absolute Gasteiger partial charge is 0.262 e. The van der Waals surface area contributed by atoms with Gasteiger partial charge in [0.05, 0.1) is 23.7 Å². The van der Waals surface area contributed by atoms with E-state index in [4.69, 9.17) is 9.47 Å². The fourth-order valence-electron chi connectivity index (χ4n) is 3.26. The number of hydrogen-bond acceptors (Lipinski definition) is 5. The molecule has 164 valence electrons.